The molecule has 0 aliphatic heterocycles. The van der Waals surface area contributed by atoms with Crippen LogP contribution in [0.1, 0.15) is 18.4 Å². The van der Waals surface area contributed by atoms with Crippen LogP contribution in [0.15, 0.2) is 29.4 Å². The van der Waals surface area contributed by atoms with Gasteiger partial charge in [-0.25, -0.2) is 0 Å². The maximum atomic E-state index is 10.2. The summed E-state index contributed by atoms with van der Waals surface area (Å²) in [6.07, 6.45) is 2.14. The zero-order valence-corrected chi connectivity index (χ0v) is 7.92. The molecule has 2 nitrogen and oxygen atoms in total. The van der Waals surface area contributed by atoms with Crippen molar-refractivity contribution in [3.05, 3.63) is 39.8 Å². The SMILES string of the molecule is O=NCC1(c2ccc(Cl)cc2)CC1. The Morgan fingerprint density at radius 2 is 1.92 bits per heavy atom. The smallest absolute Gasteiger partial charge is 0.0907 e. The predicted octanol–water partition coefficient (Wildman–Crippen LogP) is 3.14. The molecule has 13 heavy (non-hydrogen) atoms. The summed E-state index contributed by atoms with van der Waals surface area (Å²) in [4.78, 5) is 10.2. The molecule has 0 bridgehead atoms. The average Bonchev–Trinajstić information content (AvgIpc) is 2.87. The van der Waals surface area contributed by atoms with Crippen LogP contribution in [0.2, 0.25) is 5.02 Å². The third kappa shape index (κ3) is 1.59. The maximum absolute atomic E-state index is 10.2. The van der Waals surface area contributed by atoms with Crippen LogP contribution >= 0.6 is 11.6 Å². The van der Waals surface area contributed by atoms with Crippen molar-refractivity contribution in [2.45, 2.75) is 18.3 Å². The third-order valence-electron chi connectivity index (χ3n) is 2.68. The Morgan fingerprint density at radius 1 is 1.31 bits per heavy atom. The summed E-state index contributed by atoms with van der Waals surface area (Å²) in [5, 5.41) is 3.72. The Labute approximate surface area is 81.9 Å². The highest BCUT2D eigenvalue weighted by atomic mass is 35.5. The van der Waals surface area contributed by atoms with E-state index in [0.29, 0.717) is 6.54 Å². The summed E-state index contributed by atoms with van der Waals surface area (Å²) in [6, 6.07) is 7.70. The van der Waals surface area contributed by atoms with Crippen molar-refractivity contribution in [3.63, 3.8) is 0 Å². The van der Waals surface area contributed by atoms with Crippen molar-refractivity contribution in [1.29, 1.82) is 0 Å². The molecule has 1 aromatic carbocycles. The quantitative estimate of drug-likeness (QED) is 0.682. The Bertz CT molecular complexity index is 316. The average molecular weight is 196 g/mol. The van der Waals surface area contributed by atoms with Gasteiger partial charge in [-0.05, 0) is 30.5 Å². The molecule has 68 valence electrons. The molecule has 3 heteroatoms. The summed E-state index contributed by atoms with van der Waals surface area (Å²) in [5.41, 5.74) is 1.24. The van der Waals surface area contributed by atoms with Crippen LogP contribution in [0.4, 0.5) is 0 Å². The van der Waals surface area contributed by atoms with Crippen LogP contribution in [0, 0.1) is 4.91 Å². The fourth-order valence-corrected chi connectivity index (χ4v) is 1.74. The highest BCUT2D eigenvalue weighted by Crippen LogP contribution is 2.48. The number of halogens is 1. The minimum Gasteiger partial charge on any atom is -0.151 e. The summed E-state index contributed by atoms with van der Waals surface area (Å²) < 4.78 is 0. The van der Waals surface area contributed by atoms with E-state index in [1.807, 2.05) is 24.3 Å². The summed E-state index contributed by atoms with van der Waals surface area (Å²) in [5.74, 6) is 0. The molecular weight excluding hydrogens is 186 g/mol. The normalized spacial score (nSPS) is 18.2. The van der Waals surface area contributed by atoms with Gasteiger partial charge in [-0.15, -0.1) is 0 Å². The van der Waals surface area contributed by atoms with Gasteiger partial charge in [-0.3, -0.25) is 0 Å². The summed E-state index contributed by atoms with van der Waals surface area (Å²) >= 11 is 5.77. The molecule has 1 saturated carbocycles. The van der Waals surface area contributed by atoms with Gasteiger partial charge in [0.1, 0.15) is 0 Å². The Balaban J connectivity index is 2.25. The van der Waals surface area contributed by atoms with E-state index in [-0.39, 0.29) is 5.41 Å². The number of hydrogen-bond donors (Lipinski definition) is 0. The second kappa shape index (κ2) is 3.11. The third-order valence-corrected chi connectivity index (χ3v) is 2.93. The van der Waals surface area contributed by atoms with Crippen LogP contribution in [0.5, 0.6) is 0 Å². The van der Waals surface area contributed by atoms with E-state index in [1.54, 1.807) is 0 Å². The second-order valence-electron chi connectivity index (χ2n) is 3.57. The molecule has 1 aliphatic carbocycles. The highest BCUT2D eigenvalue weighted by molar-refractivity contribution is 6.30. The van der Waals surface area contributed by atoms with Crippen LogP contribution in [-0.4, -0.2) is 6.54 Å². The molecule has 0 amide bonds. The van der Waals surface area contributed by atoms with E-state index < -0.39 is 0 Å². The second-order valence-corrected chi connectivity index (χ2v) is 4.01. The van der Waals surface area contributed by atoms with Gasteiger partial charge in [0.15, 0.2) is 0 Å². The van der Waals surface area contributed by atoms with Gasteiger partial charge in [-0.2, -0.15) is 4.91 Å². The summed E-state index contributed by atoms with van der Waals surface area (Å²) in [6.45, 7) is 0.397. The van der Waals surface area contributed by atoms with Crippen molar-refractivity contribution < 1.29 is 0 Å². The number of nitrogens with zero attached hydrogens (tertiary/aromatic N) is 1. The number of rotatable bonds is 3. The summed E-state index contributed by atoms with van der Waals surface area (Å²) in [7, 11) is 0. The molecule has 0 spiro atoms. The standard InChI is InChI=1S/C10H10ClNO/c11-9-3-1-8(2-4-9)10(5-6-10)7-12-13/h1-4H,5-7H2. The van der Waals surface area contributed by atoms with Crippen LogP contribution in [0.25, 0.3) is 0 Å². The Hall–Kier alpha value is -0.890. The van der Waals surface area contributed by atoms with Crippen LogP contribution < -0.4 is 0 Å². The van der Waals surface area contributed by atoms with Crippen molar-refractivity contribution in [2.75, 3.05) is 6.54 Å². The minimum atomic E-state index is 0.0480. The van der Waals surface area contributed by atoms with Gasteiger partial charge in [0.2, 0.25) is 0 Å². The van der Waals surface area contributed by atoms with Crippen LogP contribution in [0.3, 0.4) is 0 Å². The molecule has 1 fully saturated rings. The fourth-order valence-electron chi connectivity index (χ4n) is 1.62. The molecule has 0 aromatic heterocycles. The highest BCUT2D eigenvalue weighted by Gasteiger charge is 2.44. The minimum absolute atomic E-state index is 0.0480. The molecule has 0 saturated heterocycles. The van der Waals surface area contributed by atoms with Crippen molar-refractivity contribution >= 4 is 11.6 Å². The van der Waals surface area contributed by atoms with Crippen molar-refractivity contribution in [3.8, 4) is 0 Å². The number of nitroso groups, excluding NO2 is 1. The maximum Gasteiger partial charge on any atom is 0.0907 e. The molecule has 0 N–H and O–H groups in total. The fraction of sp³-hybridized carbons (Fsp3) is 0.400. The molecule has 2 rings (SSSR count). The molecule has 1 aromatic rings. The van der Waals surface area contributed by atoms with E-state index in [2.05, 4.69) is 5.18 Å². The van der Waals surface area contributed by atoms with Gasteiger partial charge in [0.25, 0.3) is 0 Å². The van der Waals surface area contributed by atoms with Gasteiger partial charge in [0, 0.05) is 10.4 Å². The van der Waals surface area contributed by atoms with E-state index in [4.69, 9.17) is 11.6 Å². The number of benzene rings is 1. The van der Waals surface area contributed by atoms with E-state index in [0.717, 1.165) is 17.9 Å². The van der Waals surface area contributed by atoms with Crippen molar-refractivity contribution in [2.24, 2.45) is 5.18 Å². The van der Waals surface area contributed by atoms with Gasteiger partial charge >= 0.3 is 0 Å². The lowest BCUT2D eigenvalue weighted by atomic mass is 9.96. The lowest BCUT2D eigenvalue weighted by Crippen LogP contribution is -2.09. The van der Waals surface area contributed by atoms with Gasteiger partial charge < -0.3 is 0 Å². The predicted molar refractivity (Wildman–Crippen MR) is 53.0 cm³/mol. The van der Waals surface area contributed by atoms with E-state index >= 15 is 0 Å². The zero-order valence-electron chi connectivity index (χ0n) is 7.16. The van der Waals surface area contributed by atoms with Crippen molar-refractivity contribution in [1.82, 2.24) is 0 Å². The van der Waals surface area contributed by atoms with Gasteiger partial charge in [0.05, 0.1) is 6.54 Å². The molecule has 0 heterocycles. The van der Waals surface area contributed by atoms with Gasteiger partial charge in [-0.1, -0.05) is 28.9 Å². The lowest BCUT2D eigenvalue weighted by molar-refractivity contribution is 0.703. The molecular formula is C10H10ClNO. The molecule has 1 aliphatic rings. The number of hydrogen-bond acceptors (Lipinski definition) is 2. The first kappa shape index (κ1) is 8.70. The topological polar surface area (TPSA) is 29.4 Å². The Kier molecular flexibility index (Phi) is 2.08. The monoisotopic (exact) mass is 195 g/mol. The van der Waals surface area contributed by atoms with E-state index in [1.165, 1.54) is 5.56 Å². The molecule has 0 atom stereocenters. The zero-order chi connectivity index (χ0) is 9.31. The van der Waals surface area contributed by atoms with E-state index in [9.17, 15) is 4.91 Å². The Morgan fingerprint density at radius 3 is 2.38 bits per heavy atom. The van der Waals surface area contributed by atoms with Crippen LogP contribution in [-0.2, 0) is 5.41 Å². The molecule has 0 unspecified atom stereocenters. The first-order valence-corrected chi connectivity index (χ1v) is 4.70. The lowest BCUT2D eigenvalue weighted by Gasteiger charge is -2.10. The first-order valence-electron chi connectivity index (χ1n) is 4.32. The first-order chi connectivity index (χ1) is 6.27. The molecule has 0 radical (unpaired) electrons. The largest absolute Gasteiger partial charge is 0.151 e.